The maximum absolute atomic E-state index is 11.7. The van der Waals surface area contributed by atoms with Crippen LogP contribution in [0.5, 0.6) is 0 Å². The van der Waals surface area contributed by atoms with Gasteiger partial charge in [-0.1, -0.05) is 30.3 Å². The molecular formula is C21H18N4OS2. The predicted octanol–water partition coefficient (Wildman–Crippen LogP) is 4.40. The molecule has 1 amide bonds. The van der Waals surface area contributed by atoms with E-state index < -0.39 is 0 Å². The van der Waals surface area contributed by atoms with Gasteiger partial charge >= 0.3 is 0 Å². The van der Waals surface area contributed by atoms with E-state index in [9.17, 15) is 4.79 Å². The fourth-order valence-electron chi connectivity index (χ4n) is 3.69. The SMILES string of the molecule is NC(=O)C1CCN(c2nc(-c3ccsc3)nc3scc(-c4ccccc4)c23)C1. The summed E-state index contributed by atoms with van der Waals surface area (Å²) in [6, 6.07) is 12.3. The molecule has 0 spiro atoms. The van der Waals surface area contributed by atoms with E-state index in [1.165, 1.54) is 0 Å². The zero-order valence-electron chi connectivity index (χ0n) is 15.0. The lowest BCUT2D eigenvalue weighted by Crippen LogP contribution is -2.28. The zero-order chi connectivity index (χ0) is 19.1. The minimum atomic E-state index is -0.237. The lowest BCUT2D eigenvalue weighted by molar-refractivity contribution is -0.121. The van der Waals surface area contributed by atoms with Gasteiger partial charge < -0.3 is 10.6 Å². The number of nitrogens with zero attached hydrogens (tertiary/aromatic N) is 3. The molecule has 1 aromatic carbocycles. The number of amides is 1. The first-order valence-corrected chi connectivity index (χ1v) is 10.9. The number of carbonyl (C=O) groups is 1. The summed E-state index contributed by atoms with van der Waals surface area (Å²) < 4.78 is 0. The van der Waals surface area contributed by atoms with Crippen LogP contribution in [0.2, 0.25) is 0 Å². The van der Waals surface area contributed by atoms with Crippen LogP contribution < -0.4 is 10.6 Å². The highest BCUT2D eigenvalue weighted by Crippen LogP contribution is 2.40. The maximum Gasteiger partial charge on any atom is 0.222 e. The summed E-state index contributed by atoms with van der Waals surface area (Å²) in [7, 11) is 0. The zero-order valence-corrected chi connectivity index (χ0v) is 16.7. The minimum absolute atomic E-state index is 0.131. The molecule has 1 aliphatic rings. The number of benzene rings is 1. The standard InChI is InChI=1S/C21H18N4OS2/c22-18(26)14-6-8-25(10-14)20-17-16(13-4-2-1-3-5-13)12-28-21(17)24-19(23-20)15-7-9-27-11-15/h1-5,7,9,11-12,14H,6,8,10H2,(H2,22,26). The van der Waals surface area contributed by atoms with Gasteiger partial charge in [0.05, 0.1) is 11.3 Å². The van der Waals surface area contributed by atoms with E-state index in [1.54, 1.807) is 22.7 Å². The van der Waals surface area contributed by atoms with Crippen molar-refractivity contribution >= 4 is 44.6 Å². The molecule has 1 fully saturated rings. The largest absolute Gasteiger partial charge is 0.369 e. The lowest BCUT2D eigenvalue weighted by Gasteiger charge is -2.19. The number of hydrogen-bond donors (Lipinski definition) is 1. The third-order valence-corrected chi connectivity index (χ3v) is 6.72. The summed E-state index contributed by atoms with van der Waals surface area (Å²) in [4.78, 5) is 24.7. The fraction of sp³-hybridized carbons (Fsp3) is 0.190. The fourth-order valence-corrected chi connectivity index (χ4v) is 5.26. The van der Waals surface area contributed by atoms with E-state index in [0.717, 1.165) is 51.5 Å². The van der Waals surface area contributed by atoms with E-state index in [0.29, 0.717) is 6.54 Å². The second-order valence-electron chi connectivity index (χ2n) is 6.91. The number of aromatic nitrogens is 2. The van der Waals surface area contributed by atoms with Gasteiger partial charge in [-0.25, -0.2) is 9.97 Å². The van der Waals surface area contributed by atoms with Crippen molar-refractivity contribution in [2.45, 2.75) is 6.42 Å². The van der Waals surface area contributed by atoms with E-state index in [2.05, 4.69) is 27.8 Å². The predicted molar refractivity (Wildman–Crippen MR) is 116 cm³/mol. The van der Waals surface area contributed by atoms with Crippen LogP contribution in [0.3, 0.4) is 0 Å². The van der Waals surface area contributed by atoms with Crippen LogP contribution in [0.25, 0.3) is 32.7 Å². The molecule has 1 aliphatic heterocycles. The molecule has 0 radical (unpaired) electrons. The van der Waals surface area contributed by atoms with Crippen molar-refractivity contribution in [3.63, 3.8) is 0 Å². The minimum Gasteiger partial charge on any atom is -0.369 e. The maximum atomic E-state index is 11.7. The average Bonchev–Trinajstić information content (AvgIpc) is 3.48. The second kappa shape index (κ2) is 7.00. The molecule has 2 N–H and O–H groups in total. The number of anilines is 1. The van der Waals surface area contributed by atoms with Crippen molar-refractivity contribution in [2.75, 3.05) is 18.0 Å². The summed E-state index contributed by atoms with van der Waals surface area (Å²) in [6.07, 6.45) is 0.763. The molecule has 1 saturated heterocycles. The van der Waals surface area contributed by atoms with Gasteiger partial charge in [0.2, 0.25) is 5.91 Å². The number of rotatable bonds is 4. The van der Waals surface area contributed by atoms with Crippen LogP contribution in [0.4, 0.5) is 5.82 Å². The molecule has 4 heterocycles. The second-order valence-corrected chi connectivity index (χ2v) is 8.55. The van der Waals surface area contributed by atoms with Crippen LogP contribution in [-0.4, -0.2) is 29.0 Å². The Balaban J connectivity index is 1.70. The van der Waals surface area contributed by atoms with Crippen molar-refractivity contribution < 1.29 is 4.79 Å². The first-order valence-electron chi connectivity index (χ1n) is 9.12. The van der Waals surface area contributed by atoms with Crippen LogP contribution in [0.1, 0.15) is 6.42 Å². The number of nitrogens with two attached hydrogens (primary N) is 1. The van der Waals surface area contributed by atoms with Crippen molar-refractivity contribution in [2.24, 2.45) is 11.7 Å². The molecule has 3 aromatic heterocycles. The average molecular weight is 407 g/mol. The van der Waals surface area contributed by atoms with Gasteiger partial charge in [0, 0.05) is 35.0 Å². The van der Waals surface area contributed by atoms with Crippen LogP contribution in [-0.2, 0) is 4.79 Å². The number of carbonyl (C=O) groups excluding carboxylic acids is 1. The van der Waals surface area contributed by atoms with Crippen LogP contribution >= 0.6 is 22.7 Å². The Bertz CT molecular complexity index is 1140. The highest BCUT2D eigenvalue weighted by molar-refractivity contribution is 7.17. The summed E-state index contributed by atoms with van der Waals surface area (Å²) in [6.45, 7) is 1.38. The molecule has 4 aromatic rings. The quantitative estimate of drug-likeness (QED) is 0.545. The van der Waals surface area contributed by atoms with Gasteiger partial charge in [-0.3, -0.25) is 4.79 Å². The molecule has 0 saturated carbocycles. The van der Waals surface area contributed by atoms with E-state index in [-0.39, 0.29) is 11.8 Å². The smallest absolute Gasteiger partial charge is 0.222 e. The number of fused-ring (bicyclic) bond motifs is 1. The third kappa shape index (κ3) is 2.96. The number of primary amides is 1. The van der Waals surface area contributed by atoms with E-state index >= 15 is 0 Å². The molecule has 0 bridgehead atoms. The highest BCUT2D eigenvalue weighted by atomic mass is 32.1. The van der Waals surface area contributed by atoms with Crippen molar-refractivity contribution in [1.82, 2.24) is 9.97 Å². The Labute approximate surface area is 170 Å². The Morgan fingerprint density at radius 1 is 1.11 bits per heavy atom. The molecule has 7 heteroatoms. The Morgan fingerprint density at radius 3 is 2.68 bits per heavy atom. The molecule has 28 heavy (non-hydrogen) atoms. The Hall–Kier alpha value is -2.77. The molecule has 5 nitrogen and oxygen atoms in total. The lowest BCUT2D eigenvalue weighted by atomic mass is 10.1. The molecule has 140 valence electrons. The monoisotopic (exact) mass is 406 g/mol. The van der Waals surface area contributed by atoms with Crippen LogP contribution in [0.15, 0.2) is 52.5 Å². The van der Waals surface area contributed by atoms with E-state index in [1.807, 2.05) is 29.6 Å². The molecule has 0 aliphatic carbocycles. The first kappa shape index (κ1) is 17.3. The van der Waals surface area contributed by atoms with Gasteiger partial charge in [-0.2, -0.15) is 11.3 Å². The number of thiophene rings is 2. The van der Waals surface area contributed by atoms with Crippen molar-refractivity contribution in [3.8, 4) is 22.5 Å². The summed E-state index contributed by atoms with van der Waals surface area (Å²) in [5, 5.41) is 7.30. The third-order valence-electron chi connectivity index (χ3n) is 5.17. The van der Waals surface area contributed by atoms with Crippen molar-refractivity contribution in [1.29, 1.82) is 0 Å². The van der Waals surface area contributed by atoms with E-state index in [4.69, 9.17) is 15.7 Å². The molecule has 1 atom stereocenters. The number of hydrogen-bond acceptors (Lipinski definition) is 6. The van der Waals surface area contributed by atoms with Crippen molar-refractivity contribution in [3.05, 3.63) is 52.5 Å². The Kier molecular flexibility index (Phi) is 4.33. The molecule has 1 unspecified atom stereocenters. The first-order chi connectivity index (χ1) is 13.7. The van der Waals surface area contributed by atoms with Crippen LogP contribution in [0, 0.1) is 5.92 Å². The molecular weight excluding hydrogens is 388 g/mol. The highest BCUT2D eigenvalue weighted by Gasteiger charge is 2.30. The summed E-state index contributed by atoms with van der Waals surface area (Å²) >= 11 is 3.27. The summed E-state index contributed by atoms with van der Waals surface area (Å²) in [5.74, 6) is 1.26. The van der Waals surface area contributed by atoms with Gasteiger partial charge in [-0.05, 0) is 23.4 Å². The molecule has 5 rings (SSSR count). The van der Waals surface area contributed by atoms with Gasteiger partial charge in [-0.15, -0.1) is 11.3 Å². The van der Waals surface area contributed by atoms with Gasteiger partial charge in [0.15, 0.2) is 5.82 Å². The van der Waals surface area contributed by atoms with Gasteiger partial charge in [0.1, 0.15) is 10.6 Å². The normalized spacial score (nSPS) is 16.7. The Morgan fingerprint density at radius 2 is 1.96 bits per heavy atom. The van der Waals surface area contributed by atoms with Gasteiger partial charge in [0.25, 0.3) is 0 Å². The summed E-state index contributed by atoms with van der Waals surface area (Å²) in [5.41, 5.74) is 8.87. The topological polar surface area (TPSA) is 72.1 Å².